The number of hydrogen-bond donors (Lipinski definition) is 2. The van der Waals surface area contributed by atoms with Crippen LogP contribution in [0, 0.1) is 6.92 Å². The third-order valence-corrected chi connectivity index (χ3v) is 2.77. The summed E-state index contributed by atoms with van der Waals surface area (Å²) < 4.78 is 0. The minimum absolute atomic E-state index is 0.832. The molecule has 0 aliphatic carbocycles. The predicted octanol–water partition coefficient (Wildman–Crippen LogP) is 2.63. The highest BCUT2D eigenvalue weighted by atomic mass is 14.9. The molecule has 88 valence electrons. The summed E-state index contributed by atoms with van der Waals surface area (Å²) in [5.74, 6) is 0. The third kappa shape index (κ3) is 3.21. The van der Waals surface area contributed by atoms with Gasteiger partial charge in [-0.2, -0.15) is 0 Å². The number of aromatic nitrogens is 1. The van der Waals surface area contributed by atoms with Gasteiger partial charge in [0, 0.05) is 30.3 Å². The van der Waals surface area contributed by atoms with Crippen LogP contribution in [0.4, 0.5) is 11.4 Å². The van der Waals surface area contributed by atoms with Crippen LogP contribution in [-0.4, -0.2) is 11.5 Å². The highest BCUT2D eigenvalue weighted by molar-refractivity contribution is 5.58. The molecule has 0 radical (unpaired) electrons. The van der Waals surface area contributed by atoms with Crippen molar-refractivity contribution in [3.63, 3.8) is 0 Å². The van der Waals surface area contributed by atoms with E-state index in [-0.39, 0.29) is 0 Å². The smallest absolute Gasteiger partial charge is 0.0364 e. The summed E-state index contributed by atoms with van der Waals surface area (Å²) in [6, 6.07) is 10.1. The van der Waals surface area contributed by atoms with Crippen molar-refractivity contribution in [2.24, 2.45) is 0 Å². The molecule has 0 bridgehead atoms. The largest absolute Gasteiger partial charge is 0.398 e. The third-order valence-electron chi connectivity index (χ3n) is 2.77. The molecule has 3 nitrogen and oxygen atoms in total. The maximum Gasteiger partial charge on any atom is 0.0364 e. The molecule has 2 rings (SSSR count). The van der Waals surface area contributed by atoms with Crippen LogP contribution in [-0.2, 0) is 6.42 Å². The van der Waals surface area contributed by atoms with Gasteiger partial charge in [-0.3, -0.25) is 4.98 Å². The first-order valence-corrected chi connectivity index (χ1v) is 5.74. The molecule has 3 heteroatoms. The highest BCUT2D eigenvalue weighted by Crippen LogP contribution is 2.16. The Bertz CT molecular complexity index is 480. The molecule has 0 fully saturated rings. The van der Waals surface area contributed by atoms with Gasteiger partial charge in [-0.25, -0.2) is 0 Å². The molecular formula is C14H17N3. The second-order valence-corrected chi connectivity index (χ2v) is 4.10. The Hall–Kier alpha value is -2.03. The van der Waals surface area contributed by atoms with E-state index in [2.05, 4.69) is 16.4 Å². The van der Waals surface area contributed by atoms with Gasteiger partial charge in [-0.05, 0) is 48.7 Å². The topological polar surface area (TPSA) is 50.9 Å². The van der Waals surface area contributed by atoms with E-state index in [0.29, 0.717) is 0 Å². The Labute approximate surface area is 102 Å². The molecule has 0 amide bonds. The molecule has 1 aromatic carbocycles. The summed E-state index contributed by atoms with van der Waals surface area (Å²) in [5, 5.41) is 3.36. The number of nitrogens with one attached hydrogen (secondary N) is 1. The first-order chi connectivity index (χ1) is 8.25. The average Bonchev–Trinajstić information content (AvgIpc) is 2.35. The van der Waals surface area contributed by atoms with Crippen molar-refractivity contribution in [2.45, 2.75) is 13.3 Å². The van der Waals surface area contributed by atoms with Crippen LogP contribution in [0.3, 0.4) is 0 Å². The molecule has 17 heavy (non-hydrogen) atoms. The fourth-order valence-electron chi connectivity index (χ4n) is 1.65. The Morgan fingerprint density at radius 3 is 2.65 bits per heavy atom. The van der Waals surface area contributed by atoms with Gasteiger partial charge in [-0.1, -0.05) is 6.07 Å². The lowest BCUT2D eigenvalue weighted by atomic mass is 10.1. The summed E-state index contributed by atoms with van der Waals surface area (Å²) in [6.07, 6.45) is 4.62. The molecule has 0 aliphatic rings. The zero-order valence-electron chi connectivity index (χ0n) is 9.98. The molecule has 0 spiro atoms. The van der Waals surface area contributed by atoms with Gasteiger partial charge < -0.3 is 11.1 Å². The van der Waals surface area contributed by atoms with E-state index < -0.39 is 0 Å². The molecule has 1 heterocycles. The fraction of sp³-hybridized carbons (Fsp3) is 0.214. The molecule has 0 saturated heterocycles. The molecule has 3 N–H and O–H groups in total. The Balaban J connectivity index is 1.88. The number of nitrogens with zero attached hydrogens (tertiary/aromatic N) is 1. The lowest BCUT2D eigenvalue weighted by Gasteiger charge is -2.08. The van der Waals surface area contributed by atoms with E-state index >= 15 is 0 Å². The molecule has 1 aromatic heterocycles. The van der Waals surface area contributed by atoms with Gasteiger partial charge in [0.05, 0.1) is 0 Å². The van der Waals surface area contributed by atoms with Crippen molar-refractivity contribution in [3.8, 4) is 0 Å². The zero-order chi connectivity index (χ0) is 12.1. The first kappa shape index (κ1) is 11.5. The molecular weight excluding hydrogens is 210 g/mol. The summed E-state index contributed by atoms with van der Waals surface area (Å²) in [7, 11) is 0. The van der Waals surface area contributed by atoms with Crippen molar-refractivity contribution in [3.05, 3.63) is 53.9 Å². The van der Waals surface area contributed by atoms with E-state index in [1.165, 1.54) is 5.56 Å². The highest BCUT2D eigenvalue weighted by Gasteiger charge is 1.96. The number of nitrogen functional groups attached to an aromatic ring is 1. The van der Waals surface area contributed by atoms with Gasteiger partial charge in [0.2, 0.25) is 0 Å². The minimum atomic E-state index is 0.832. The van der Waals surface area contributed by atoms with E-state index in [4.69, 9.17) is 5.73 Å². The SMILES string of the molecule is Cc1ccc(NCCc2ccncc2)cc1N. The number of pyridine rings is 1. The van der Waals surface area contributed by atoms with Crippen LogP contribution in [0.15, 0.2) is 42.7 Å². The predicted molar refractivity (Wildman–Crippen MR) is 72.0 cm³/mol. The van der Waals surface area contributed by atoms with Crippen LogP contribution in [0.25, 0.3) is 0 Å². The van der Waals surface area contributed by atoms with Crippen LogP contribution in [0.2, 0.25) is 0 Å². The summed E-state index contributed by atoms with van der Waals surface area (Å²) in [6.45, 7) is 2.91. The van der Waals surface area contributed by atoms with E-state index in [9.17, 15) is 0 Å². The quantitative estimate of drug-likeness (QED) is 0.789. The van der Waals surface area contributed by atoms with Crippen molar-refractivity contribution in [1.29, 1.82) is 0 Å². The lowest BCUT2D eigenvalue weighted by molar-refractivity contribution is 1.01. The van der Waals surface area contributed by atoms with E-state index in [0.717, 1.165) is 29.9 Å². The standard InChI is InChI=1S/C14H17N3/c1-11-2-3-13(10-14(11)15)17-9-6-12-4-7-16-8-5-12/h2-5,7-8,10,17H,6,9,15H2,1H3. The average molecular weight is 227 g/mol. The minimum Gasteiger partial charge on any atom is -0.398 e. The lowest BCUT2D eigenvalue weighted by Crippen LogP contribution is -2.05. The molecule has 2 aromatic rings. The monoisotopic (exact) mass is 227 g/mol. The van der Waals surface area contributed by atoms with E-state index in [1.54, 1.807) is 0 Å². The van der Waals surface area contributed by atoms with Gasteiger partial charge >= 0.3 is 0 Å². The molecule has 0 atom stereocenters. The summed E-state index contributed by atoms with van der Waals surface area (Å²) >= 11 is 0. The van der Waals surface area contributed by atoms with Crippen LogP contribution >= 0.6 is 0 Å². The Morgan fingerprint density at radius 1 is 1.18 bits per heavy atom. The van der Waals surface area contributed by atoms with Crippen molar-refractivity contribution in [1.82, 2.24) is 4.98 Å². The number of benzene rings is 1. The van der Waals surface area contributed by atoms with Crippen molar-refractivity contribution >= 4 is 11.4 Å². The summed E-state index contributed by atoms with van der Waals surface area (Å²) in [4.78, 5) is 4.00. The number of anilines is 2. The molecule has 0 unspecified atom stereocenters. The second kappa shape index (κ2) is 5.34. The van der Waals surface area contributed by atoms with Crippen LogP contribution in [0.1, 0.15) is 11.1 Å². The van der Waals surface area contributed by atoms with Crippen LogP contribution in [0.5, 0.6) is 0 Å². The van der Waals surface area contributed by atoms with Gasteiger partial charge in [0.15, 0.2) is 0 Å². The Kier molecular flexibility index (Phi) is 3.60. The maximum absolute atomic E-state index is 5.86. The number of nitrogens with two attached hydrogens (primary N) is 1. The van der Waals surface area contributed by atoms with Crippen LogP contribution < -0.4 is 11.1 Å². The number of rotatable bonds is 4. The molecule has 0 saturated carbocycles. The van der Waals surface area contributed by atoms with E-state index in [1.807, 2.05) is 43.6 Å². The molecule has 0 aliphatic heterocycles. The van der Waals surface area contributed by atoms with Gasteiger partial charge in [0.1, 0.15) is 0 Å². The zero-order valence-corrected chi connectivity index (χ0v) is 9.98. The first-order valence-electron chi connectivity index (χ1n) is 5.74. The number of hydrogen-bond acceptors (Lipinski definition) is 3. The maximum atomic E-state index is 5.86. The normalized spacial score (nSPS) is 10.2. The second-order valence-electron chi connectivity index (χ2n) is 4.10. The van der Waals surface area contributed by atoms with Gasteiger partial charge in [-0.15, -0.1) is 0 Å². The van der Waals surface area contributed by atoms with Crippen molar-refractivity contribution in [2.75, 3.05) is 17.6 Å². The van der Waals surface area contributed by atoms with Gasteiger partial charge in [0.25, 0.3) is 0 Å². The van der Waals surface area contributed by atoms with Crippen molar-refractivity contribution < 1.29 is 0 Å². The Morgan fingerprint density at radius 2 is 1.94 bits per heavy atom. The summed E-state index contributed by atoms with van der Waals surface area (Å²) in [5.41, 5.74) is 10.2. The fourth-order valence-corrected chi connectivity index (χ4v) is 1.65. The number of aryl methyl sites for hydroxylation is 1.